The molecule has 1 atom stereocenters. The zero-order valence-electron chi connectivity index (χ0n) is 79.8. The van der Waals surface area contributed by atoms with E-state index in [1.54, 1.807) is 14.2 Å². The van der Waals surface area contributed by atoms with Gasteiger partial charge in [-0.2, -0.15) is 0 Å². The van der Waals surface area contributed by atoms with Crippen molar-refractivity contribution < 1.29 is 9.47 Å². The molecule has 0 radical (unpaired) electrons. The summed E-state index contributed by atoms with van der Waals surface area (Å²) in [7, 11) is 3.42. The van der Waals surface area contributed by atoms with Crippen molar-refractivity contribution in [3.8, 4) is 11.5 Å². The first-order valence-corrected chi connectivity index (χ1v) is 43.9. The molecule has 0 spiro atoms. The van der Waals surface area contributed by atoms with E-state index in [1.165, 1.54) is 74.9 Å². The van der Waals surface area contributed by atoms with Gasteiger partial charge in [0.15, 0.2) is 0 Å². The van der Waals surface area contributed by atoms with Crippen LogP contribution in [-0.2, 0) is 22.7 Å². The first-order valence-electron chi connectivity index (χ1n) is 43.9. The predicted octanol–water partition coefficient (Wildman–Crippen LogP) is 34.6. The SMILES string of the molecule is C.CC(C)(C)C(C)(C)C.CC(C)C(C)(C)C1CC1.CC(C)C(C)(C)c1ccccc1.CC(C)C(C)(c1ccccc1)c1ccccc1.CC(C)C(C)C.CC(C)C(C)c1ccccc1.CC(C)C(c1ccccc1)(c1ccccc1)c1ccccc1.CCC(C)C.COc1cc(C)ccc1CC(C)C.COc1ccc(C(C)C)cc1. The molecule has 1 aliphatic carbocycles. The van der Waals surface area contributed by atoms with Crippen molar-refractivity contribution in [1.82, 2.24) is 0 Å². The first-order chi connectivity index (χ1) is 53.3. The maximum atomic E-state index is 5.33. The minimum absolute atomic E-state index is 0. The van der Waals surface area contributed by atoms with Crippen LogP contribution >= 0.6 is 0 Å². The van der Waals surface area contributed by atoms with Crippen molar-refractivity contribution in [2.24, 2.45) is 75.4 Å². The topological polar surface area (TPSA) is 18.5 Å². The number of ether oxygens (including phenoxy) is 2. The molecule has 1 aliphatic rings. The van der Waals surface area contributed by atoms with E-state index < -0.39 is 0 Å². The highest BCUT2D eigenvalue weighted by molar-refractivity contribution is 5.51. The molecule has 638 valence electrons. The van der Waals surface area contributed by atoms with E-state index in [2.05, 4.69) is 478 Å². The minimum Gasteiger partial charge on any atom is -0.497 e. The van der Waals surface area contributed by atoms with Gasteiger partial charge in [-0.05, 0) is 193 Å². The number of hydrogen-bond acceptors (Lipinski definition) is 2. The third kappa shape index (κ3) is 37.8. The Morgan fingerprint density at radius 1 is 0.339 bits per heavy atom. The van der Waals surface area contributed by atoms with Crippen LogP contribution in [0.3, 0.4) is 0 Å². The standard InChI is InChI=1S/C22H22.C17H20.C12H18O.C12H18.C11H16.C10H14O.C9H18.C8H18.C6H14.C5H12.CH4/c1-18(2)22(19-12-6-3-7-13-19,20-14-8-4-9-15-20)21-16-10-5-11-17-21;1-14(2)17(3,15-10-6-4-7-11-15)16-12-8-5-9-13-16;1-9(2)7-11-6-5-10(3)8-12(11)13-4;1-10(2)12(3,4)11-8-6-5-7-9-11;1-9(2)10(3)11-7-5-4-6-8-11;1-8(2)9-4-6-10(11-3)7-5-9;1-7(2)9(3,4)8-5-6-8;1-7(2,3)8(4,5)6;1-5(2)6(3)4;1-4-5(2)3;/h3-18H,1-2H3;4-14H,1-3H3;5-6,8-9H,7H2,1-4H3;5-10H,1-4H3;4-10H,1-3H3;4-8H,1-3H3;7-8H,5-6H2,1-4H3;1-6H3;5-6H,1-4H3;5H,4H2,1-3H3;1H4. The fourth-order valence-corrected chi connectivity index (χ4v) is 12.1. The van der Waals surface area contributed by atoms with Gasteiger partial charge in [0, 0.05) is 10.8 Å². The Bertz CT molecular complexity index is 3640. The normalized spacial score (nSPS) is 12.3. The van der Waals surface area contributed by atoms with Crippen LogP contribution < -0.4 is 9.47 Å². The fraction of sp³-hybridized carbons (Fsp3) is 0.522. The quantitative estimate of drug-likeness (QED) is 0.0708. The molecule has 0 amide bonds. The van der Waals surface area contributed by atoms with Gasteiger partial charge < -0.3 is 9.47 Å². The number of hydrogen-bond donors (Lipinski definition) is 0. The van der Waals surface area contributed by atoms with Crippen molar-refractivity contribution in [2.45, 2.75) is 297 Å². The van der Waals surface area contributed by atoms with Crippen LogP contribution in [0.4, 0.5) is 0 Å². The lowest BCUT2D eigenvalue weighted by molar-refractivity contribution is 0.157. The monoisotopic (exact) mass is 1560 g/mol. The summed E-state index contributed by atoms with van der Waals surface area (Å²) in [4.78, 5) is 0. The van der Waals surface area contributed by atoms with Crippen LogP contribution in [0.15, 0.2) is 255 Å². The Kier molecular flexibility index (Phi) is 50.3. The van der Waals surface area contributed by atoms with Crippen molar-refractivity contribution in [3.63, 3.8) is 0 Å². The Morgan fingerprint density at radius 2 is 0.670 bits per heavy atom. The van der Waals surface area contributed by atoms with Crippen LogP contribution in [0.25, 0.3) is 0 Å². The van der Waals surface area contributed by atoms with Gasteiger partial charge in [-0.15, -0.1) is 0 Å². The first kappa shape index (κ1) is 108. The van der Waals surface area contributed by atoms with Crippen LogP contribution in [0.1, 0.15) is 323 Å². The lowest BCUT2D eigenvalue weighted by atomic mass is 9.63. The summed E-state index contributed by atoms with van der Waals surface area (Å²) >= 11 is 0. The van der Waals surface area contributed by atoms with Crippen LogP contribution in [0.2, 0.25) is 0 Å². The molecule has 10 rings (SSSR count). The molecule has 2 nitrogen and oxygen atoms in total. The largest absolute Gasteiger partial charge is 0.497 e. The summed E-state index contributed by atoms with van der Waals surface area (Å²) in [6, 6.07) is 90.1. The second-order valence-corrected chi connectivity index (χ2v) is 38.7. The molecule has 9 aromatic rings. The van der Waals surface area contributed by atoms with Crippen molar-refractivity contribution in [3.05, 3.63) is 310 Å². The summed E-state index contributed by atoms with van der Waals surface area (Å²) in [6.45, 7) is 77.1. The molecule has 9 aromatic carbocycles. The summed E-state index contributed by atoms with van der Waals surface area (Å²) in [6.07, 6.45) is 5.35. The Morgan fingerprint density at radius 3 is 0.904 bits per heavy atom. The highest BCUT2D eigenvalue weighted by atomic mass is 16.5. The average Bonchev–Trinajstić information content (AvgIpc) is 1.19. The summed E-state index contributed by atoms with van der Waals surface area (Å²) in [5, 5.41) is 0. The molecular formula is C113H174O2. The van der Waals surface area contributed by atoms with E-state index in [-0.39, 0.29) is 18.3 Å². The molecule has 2 heteroatoms. The average molecular weight is 1560 g/mol. The van der Waals surface area contributed by atoms with Crippen molar-refractivity contribution in [2.75, 3.05) is 14.2 Å². The molecule has 0 bridgehead atoms. The van der Waals surface area contributed by atoms with Gasteiger partial charge in [0.2, 0.25) is 0 Å². The summed E-state index contributed by atoms with van der Waals surface area (Å²) < 4.78 is 10.4. The summed E-state index contributed by atoms with van der Waals surface area (Å²) in [5.74, 6) is 10.8. The lowest BCUT2D eigenvalue weighted by Gasteiger charge is -2.39. The second kappa shape index (κ2) is 53.8. The molecule has 0 aliphatic heterocycles. The predicted molar refractivity (Wildman–Crippen MR) is 517 cm³/mol. The van der Waals surface area contributed by atoms with E-state index in [1.807, 2.05) is 12.1 Å². The smallest absolute Gasteiger partial charge is 0.122 e. The molecule has 1 fully saturated rings. The number of rotatable bonds is 20. The van der Waals surface area contributed by atoms with Crippen molar-refractivity contribution in [1.29, 1.82) is 0 Å². The van der Waals surface area contributed by atoms with Crippen molar-refractivity contribution >= 4 is 0 Å². The van der Waals surface area contributed by atoms with E-state index in [9.17, 15) is 0 Å². The third-order valence-corrected chi connectivity index (χ3v) is 25.1. The van der Waals surface area contributed by atoms with Crippen LogP contribution in [-0.4, -0.2) is 14.2 Å². The van der Waals surface area contributed by atoms with Gasteiger partial charge in [-0.3, -0.25) is 0 Å². The maximum Gasteiger partial charge on any atom is 0.122 e. The number of aryl methyl sites for hydroxylation is 1. The Labute approximate surface area is 713 Å². The van der Waals surface area contributed by atoms with Gasteiger partial charge in [-0.25, -0.2) is 0 Å². The van der Waals surface area contributed by atoms with E-state index in [0.717, 1.165) is 53.4 Å². The fourth-order valence-electron chi connectivity index (χ4n) is 12.1. The second-order valence-electron chi connectivity index (χ2n) is 38.7. The minimum atomic E-state index is -0.121. The zero-order valence-corrected chi connectivity index (χ0v) is 79.8. The molecule has 115 heavy (non-hydrogen) atoms. The molecule has 0 N–H and O–H groups in total. The van der Waals surface area contributed by atoms with E-state index in [0.29, 0.717) is 57.2 Å². The maximum absolute atomic E-state index is 5.33. The zero-order chi connectivity index (χ0) is 86.8. The van der Waals surface area contributed by atoms with Gasteiger partial charge in [-0.1, -0.05) is 479 Å². The van der Waals surface area contributed by atoms with Crippen LogP contribution in [0, 0.1) is 82.3 Å². The molecule has 1 unspecified atom stereocenters. The summed E-state index contributed by atoms with van der Waals surface area (Å²) in [5.41, 5.74) is 15.4. The van der Waals surface area contributed by atoms with Crippen LogP contribution in [0.5, 0.6) is 11.5 Å². The Balaban J connectivity index is 0.00000129. The van der Waals surface area contributed by atoms with Gasteiger partial charge in [0.25, 0.3) is 0 Å². The highest BCUT2D eigenvalue weighted by Crippen LogP contribution is 2.50. The molecule has 0 aromatic heterocycles. The lowest BCUT2D eigenvalue weighted by Crippen LogP contribution is -2.35. The molecule has 1 saturated carbocycles. The van der Waals surface area contributed by atoms with Gasteiger partial charge in [0.05, 0.1) is 14.2 Å². The van der Waals surface area contributed by atoms with E-state index in [4.69, 9.17) is 9.47 Å². The molecular weight excluding hydrogens is 1390 g/mol. The highest BCUT2D eigenvalue weighted by Gasteiger charge is 2.41. The Hall–Kier alpha value is -7.42. The van der Waals surface area contributed by atoms with Gasteiger partial charge >= 0.3 is 0 Å². The van der Waals surface area contributed by atoms with E-state index >= 15 is 0 Å². The number of benzene rings is 9. The molecule has 0 heterocycles. The number of methoxy groups -OCH3 is 2. The molecule has 0 saturated heterocycles. The third-order valence-electron chi connectivity index (χ3n) is 25.1. The van der Waals surface area contributed by atoms with Gasteiger partial charge in [0.1, 0.15) is 11.5 Å².